The molecule has 0 saturated carbocycles. The smallest absolute Gasteiger partial charge is 0.320 e. The number of phenols is 1. The summed E-state index contributed by atoms with van der Waals surface area (Å²) in [5.74, 6) is -2.38. The molecule has 0 spiro atoms. The number of nitrogens with one attached hydrogen (secondary N) is 1. The van der Waals surface area contributed by atoms with Gasteiger partial charge in [0.1, 0.15) is 5.75 Å². The maximum Gasteiger partial charge on any atom is 0.320 e. The highest BCUT2D eigenvalue weighted by atomic mass is 32.2. The van der Waals surface area contributed by atoms with Gasteiger partial charge in [-0.25, -0.2) is 8.42 Å². The number of carboxylic acid groups (broad SMARTS) is 1. The molecule has 1 aromatic rings. The van der Waals surface area contributed by atoms with Crippen molar-refractivity contribution in [1.82, 2.24) is 0 Å². The van der Waals surface area contributed by atoms with Crippen LogP contribution < -0.4 is 4.72 Å². The minimum Gasteiger partial charge on any atom is -0.508 e. The number of aliphatic carboxylic acids is 1. The van der Waals surface area contributed by atoms with Gasteiger partial charge in [-0.3, -0.25) is 9.52 Å². The molecule has 0 aliphatic heterocycles. The van der Waals surface area contributed by atoms with E-state index in [0.29, 0.717) is 5.56 Å². The molecule has 0 heterocycles. The molecule has 0 atom stereocenters. The van der Waals surface area contributed by atoms with Crippen molar-refractivity contribution >= 4 is 21.7 Å². The van der Waals surface area contributed by atoms with Crippen LogP contribution in [-0.4, -0.2) is 30.4 Å². The quantitative estimate of drug-likeness (QED) is 0.671. The lowest BCUT2D eigenvalue weighted by Gasteiger charge is -2.07. The van der Waals surface area contributed by atoms with E-state index in [1.807, 2.05) is 0 Å². The van der Waals surface area contributed by atoms with Crippen molar-refractivity contribution in [1.29, 1.82) is 0 Å². The predicted octanol–water partition coefficient (Wildman–Crippen LogP) is 0.527. The van der Waals surface area contributed by atoms with Crippen molar-refractivity contribution in [2.75, 3.05) is 10.5 Å². The van der Waals surface area contributed by atoms with E-state index in [0.717, 1.165) is 0 Å². The first-order valence-corrected chi connectivity index (χ1v) is 5.97. The molecule has 0 amide bonds. The van der Waals surface area contributed by atoms with Crippen molar-refractivity contribution in [3.05, 3.63) is 23.8 Å². The first-order chi connectivity index (χ1) is 7.30. The van der Waals surface area contributed by atoms with Gasteiger partial charge in [0.15, 0.2) is 5.75 Å². The molecule has 0 fully saturated rings. The van der Waals surface area contributed by atoms with Gasteiger partial charge in [-0.15, -0.1) is 0 Å². The third-order valence-electron chi connectivity index (χ3n) is 1.78. The molecule has 0 aromatic heterocycles. The number of aromatic hydroxyl groups is 1. The van der Waals surface area contributed by atoms with Crippen LogP contribution in [0.25, 0.3) is 0 Å². The number of phenolic OH excluding ortho intramolecular Hbond substituents is 1. The van der Waals surface area contributed by atoms with Crippen LogP contribution >= 0.6 is 0 Å². The van der Waals surface area contributed by atoms with Crippen LogP contribution in [-0.2, 0) is 14.8 Å². The number of anilines is 1. The molecule has 0 aliphatic rings. The molecular weight excluding hydrogens is 234 g/mol. The number of rotatable bonds is 4. The topological polar surface area (TPSA) is 104 Å². The fraction of sp³-hybridized carbons (Fsp3) is 0.222. The van der Waals surface area contributed by atoms with E-state index in [-0.39, 0.29) is 11.4 Å². The number of benzene rings is 1. The molecule has 1 aromatic carbocycles. The molecule has 88 valence electrons. The van der Waals surface area contributed by atoms with Crippen molar-refractivity contribution < 1.29 is 23.4 Å². The van der Waals surface area contributed by atoms with Gasteiger partial charge in [0.25, 0.3) is 0 Å². The second-order valence-electron chi connectivity index (χ2n) is 3.26. The Labute approximate surface area is 92.6 Å². The van der Waals surface area contributed by atoms with Crippen LogP contribution in [0.15, 0.2) is 18.2 Å². The highest BCUT2D eigenvalue weighted by Crippen LogP contribution is 2.20. The lowest BCUT2D eigenvalue weighted by atomic mass is 10.2. The standard InChI is InChI=1S/C9H11NO5S/c1-6-4-7(2-3-8(6)11)10-16(14,15)5-9(12)13/h2-4,10-11H,5H2,1H3,(H,12,13). The van der Waals surface area contributed by atoms with Crippen LogP contribution in [0.1, 0.15) is 5.56 Å². The number of aryl methyl sites for hydroxylation is 1. The summed E-state index contributed by atoms with van der Waals surface area (Å²) in [6, 6.07) is 4.09. The molecule has 0 radical (unpaired) electrons. The zero-order chi connectivity index (χ0) is 12.3. The molecule has 0 saturated heterocycles. The zero-order valence-corrected chi connectivity index (χ0v) is 9.28. The van der Waals surface area contributed by atoms with Crippen molar-refractivity contribution in [2.24, 2.45) is 0 Å². The highest BCUT2D eigenvalue weighted by molar-refractivity contribution is 7.93. The second kappa shape index (κ2) is 4.40. The molecule has 1 rings (SSSR count). The third kappa shape index (κ3) is 3.43. The largest absolute Gasteiger partial charge is 0.508 e. The van der Waals surface area contributed by atoms with E-state index in [1.165, 1.54) is 18.2 Å². The Kier molecular flexibility index (Phi) is 3.38. The van der Waals surface area contributed by atoms with Crippen molar-refractivity contribution in [3.8, 4) is 5.75 Å². The minimum absolute atomic E-state index is 0.0428. The fourth-order valence-corrected chi connectivity index (χ4v) is 1.98. The van der Waals surface area contributed by atoms with Gasteiger partial charge in [0.2, 0.25) is 10.0 Å². The third-order valence-corrected chi connectivity index (χ3v) is 2.96. The Hall–Kier alpha value is -1.76. The zero-order valence-electron chi connectivity index (χ0n) is 8.47. The Morgan fingerprint density at radius 2 is 2.06 bits per heavy atom. The average molecular weight is 245 g/mol. The summed E-state index contributed by atoms with van der Waals surface area (Å²) in [5, 5.41) is 17.6. The van der Waals surface area contributed by atoms with Gasteiger partial charge < -0.3 is 10.2 Å². The van der Waals surface area contributed by atoms with Crippen LogP contribution in [0.4, 0.5) is 5.69 Å². The first-order valence-electron chi connectivity index (χ1n) is 4.32. The van der Waals surface area contributed by atoms with E-state index >= 15 is 0 Å². The van der Waals surface area contributed by atoms with Gasteiger partial charge in [-0.2, -0.15) is 0 Å². The molecule has 0 aliphatic carbocycles. The number of hydrogen-bond acceptors (Lipinski definition) is 4. The van der Waals surface area contributed by atoms with E-state index in [2.05, 4.69) is 4.72 Å². The van der Waals surface area contributed by atoms with Crippen molar-refractivity contribution in [3.63, 3.8) is 0 Å². The lowest BCUT2D eigenvalue weighted by molar-refractivity contribution is -0.134. The van der Waals surface area contributed by atoms with E-state index in [4.69, 9.17) is 5.11 Å². The number of carbonyl (C=O) groups is 1. The SMILES string of the molecule is Cc1cc(NS(=O)(=O)CC(=O)O)ccc1O. The summed E-state index contributed by atoms with van der Waals surface area (Å²) in [6.07, 6.45) is 0. The van der Waals surface area contributed by atoms with Gasteiger partial charge in [-0.05, 0) is 30.7 Å². The second-order valence-corrected chi connectivity index (χ2v) is 4.98. The first kappa shape index (κ1) is 12.3. The minimum atomic E-state index is -3.89. The summed E-state index contributed by atoms with van der Waals surface area (Å²) >= 11 is 0. The maximum atomic E-state index is 11.3. The summed E-state index contributed by atoms with van der Waals surface area (Å²) < 4.78 is 24.6. The van der Waals surface area contributed by atoms with E-state index in [1.54, 1.807) is 6.92 Å². The summed E-state index contributed by atoms with van der Waals surface area (Å²) in [4.78, 5) is 10.3. The fourth-order valence-electron chi connectivity index (χ4n) is 1.10. The lowest BCUT2D eigenvalue weighted by Crippen LogP contribution is -2.22. The molecule has 0 bridgehead atoms. The molecule has 3 N–H and O–H groups in total. The average Bonchev–Trinajstić information content (AvgIpc) is 2.08. The molecule has 7 heteroatoms. The predicted molar refractivity (Wildman–Crippen MR) is 57.9 cm³/mol. The van der Waals surface area contributed by atoms with Gasteiger partial charge >= 0.3 is 5.97 Å². The van der Waals surface area contributed by atoms with E-state index < -0.39 is 21.7 Å². The number of hydrogen-bond donors (Lipinski definition) is 3. The van der Waals surface area contributed by atoms with Gasteiger partial charge in [-0.1, -0.05) is 0 Å². The summed E-state index contributed by atoms with van der Waals surface area (Å²) in [7, 11) is -3.89. The summed E-state index contributed by atoms with van der Waals surface area (Å²) in [5.41, 5.74) is 0.715. The Bertz CT molecular complexity index is 509. The highest BCUT2D eigenvalue weighted by Gasteiger charge is 2.15. The maximum absolute atomic E-state index is 11.3. The van der Waals surface area contributed by atoms with Gasteiger partial charge in [0.05, 0.1) is 0 Å². The number of carboxylic acids is 1. The van der Waals surface area contributed by atoms with Crippen LogP contribution in [0, 0.1) is 6.92 Å². The Morgan fingerprint density at radius 1 is 1.44 bits per heavy atom. The van der Waals surface area contributed by atoms with Gasteiger partial charge in [0, 0.05) is 5.69 Å². The molecule has 0 unspecified atom stereocenters. The normalized spacial score (nSPS) is 11.1. The van der Waals surface area contributed by atoms with Crippen LogP contribution in [0.5, 0.6) is 5.75 Å². The van der Waals surface area contributed by atoms with E-state index in [9.17, 15) is 18.3 Å². The number of sulfonamides is 1. The molecule has 16 heavy (non-hydrogen) atoms. The van der Waals surface area contributed by atoms with Crippen molar-refractivity contribution in [2.45, 2.75) is 6.92 Å². The Balaban J connectivity index is 2.88. The summed E-state index contributed by atoms with van der Waals surface area (Å²) in [6.45, 7) is 1.60. The molecular formula is C9H11NO5S. The molecule has 6 nitrogen and oxygen atoms in total. The monoisotopic (exact) mass is 245 g/mol. The van der Waals surface area contributed by atoms with Crippen LogP contribution in [0.3, 0.4) is 0 Å². The Morgan fingerprint density at radius 3 is 2.56 bits per heavy atom. The van der Waals surface area contributed by atoms with Crippen LogP contribution in [0.2, 0.25) is 0 Å².